The quantitative estimate of drug-likeness (QED) is 0.798. The van der Waals surface area contributed by atoms with Gasteiger partial charge in [0, 0.05) is 19.1 Å². The molecule has 2 aliphatic heterocycles. The first-order valence-corrected chi connectivity index (χ1v) is 7.96. The monoisotopic (exact) mass is 246 g/mol. The van der Waals surface area contributed by atoms with E-state index >= 15 is 0 Å². The molecule has 0 bridgehead atoms. The van der Waals surface area contributed by atoms with Crippen molar-refractivity contribution in [2.24, 2.45) is 5.92 Å². The Morgan fingerprint density at radius 1 is 1.38 bits per heavy atom. The van der Waals surface area contributed by atoms with Crippen LogP contribution in [0.3, 0.4) is 0 Å². The van der Waals surface area contributed by atoms with Crippen molar-refractivity contribution in [2.45, 2.75) is 38.6 Å². The molecule has 1 N–H and O–H groups in total. The number of rotatable bonds is 4. The molecular formula is C11H22N2O2S. The van der Waals surface area contributed by atoms with Crippen molar-refractivity contribution in [1.82, 2.24) is 9.62 Å². The fourth-order valence-electron chi connectivity index (χ4n) is 2.82. The molecule has 0 unspecified atom stereocenters. The Morgan fingerprint density at radius 2 is 2.19 bits per heavy atom. The van der Waals surface area contributed by atoms with E-state index in [1.54, 1.807) is 4.31 Å². The van der Waals surface area contributed by atoms with E-state index < -0.39 is 10.0 Å². The highest BCUT2D eigenvalue weighted by Crippen LogP contribution is 2.31. The van der Waals surface area contributed by atoms with E-state index in [1.165, 1.54) is 0 Å². The summed E-state index contributed by atoms with van der Waals surface area (Å²) in [6, 6.07) is 0.232. The Morgan fingerprint density at radius 3 is 2.94 bits per heavy atom. The molecule has 0 saturated carbocycles. The zero-order chi connectivity index (χ0) is 11.6. The van der Waals surface area contributed by atoms with Crippen LogP contribution < -0.4 is 5.32 Å². The lowest BCUT2D eigenvalue weighted by molar-refractivity contribution is 0.275. The van der Waals surface area contributed by atoms with Crippen LogP contribution in [0.2, 0.25) is 0 Å². The molecule has 2 atom stereocenters. The summed E-state index contributed by atoms with van der Waals surface area (Å²) in [5, 5.41) is 3.31. The fraction of sp³-hybridized carbons (Fsp3) is 1.00. The van der Waals surface area contributed by atoms with Crippen LogP contribution in [0.4, 0.5) is 0 Å². The molecule has 4 nitrogen and oxygen atoms in total. The Labute approximate surface area is 98.4 Å². The van der Waals surface area contributed by atoms with Gasteiger partial charge in [0.2, 0.25) is 10.0 Å². The lowest BCUT2D eigenvalue weighted by Gasteiger charge is -2.31. The van der Waals surface area contributed by atoms with Crippen LogP contribution in [0, 0.1) is 5.92 Å². The normalized spacial score (nSPS) is 31.6. The van der Waals surface area contributed by atoms with Crippen molar-refractivity contribution in [3.63, 3.8) is 0 Å². The van der Waals surface area contributed by atoms with Gasteiger partial charge in [0.05, 0.1) is 5.75 Å². The van der Waals surface area contributed by atoms with Crippen LogP contribution in [0.1, 0.15) is 32.6 Å². The molecule has 2 fully saturated rings. The van der Waals surface area contributed by atoms with Crippen LogP contribution in [0.5, 0.6) is 0 Å². The van der Waals surface area contributed by atoms with Crippen molar-refractivity contribution in [1.29, 1.82) is 0 Å². The van der Waals surface area contributed by atoms with E-state index in [1.807, 2.05) is 6.92 Å². The summed E-state index contributed by atoms with van der Waals surface area (Å²) in [7, 11) is -3.00. The van der Waals surface area contributed by atoms with Crippen molar-refractivity contribution >= 4 is 10.0 Å². The van der Waals surface area contributed by atoms with Gasteiger partial charge in [-0.1, -0.05) is 13.3 Å². The van der Waals surface area contributed by atoms with Gasteiger partial charge in [0.15, 0.2) is 0 Å². The summed E-state index contributed by atoms with van der Waals surface area (Å²) < 4.78 is 26.1. The average molecular weight is 246 g/mol. The number of fused-ring (bicyclic) bond motifs is 1. The molecule has 0 aromatic rings. The Balaban J connectivity index is 2.04. The first kappa shape index (κ1) is 12.3. The minimum Gasteiger partial charge on any atom is -0.315 e. The topological polar surface area (TPSA) is 49.4 Å². The second-order valence-electron chi connectivity index (χ2n) is 4.89. The van der Waals surface area contributed by atoms with Gasteiger partial charge in [-0.25, -0.2) is 8.42 Å². The van der Waals surface area contributed by atoms with E-state index in [9.17, 15) is 8.42 Å². The molecule has 2 saturated heterocycles. The van der Waals surface area contributed by atoms with Crippen molar-refractivity contribution in [2.75, 3.05) is 25.4 Å². The number of sulfonamides is 1. The lowest BCUT2D eigenvalue weighted by Crippen LogP contribution is -2.48. The maximum absolute atomic E-state index is 12.1. The van der Waals surface area contributed by atoms with Crippen LogP contribution in [-0.4, -0.2) is 44.2 Å². The Hall–Kier alpha value is -0.130. The number of hydrogen-bond donors (Lipinski definition) is 1. The molecule has 0 aromatic carbocycles. The molecule has 0 aromatic heterocycles. The number of hydrogen-bond acceptors (Lipinski definition) is 3. The Bertz CT molecular complexity index is 329. The number of nitrogens with zero attached hydrogens (tertiary/aromatic N) is 1. The third-order valence-corrected chi connectivity index (χ3v) is 5.77. The maximum Gasteiger partial charge on any atom is 0.214 e. The summed E-state index contributed by atoms with van der Waals surface area (Å²) >= 11 is 0. The van der Waals surface area contributed by atoms with Gasteiger partial charge in [0.1, 0.15) is 0 Å². The summed E-state index contributed by atoms with van der Waals surface area (Å²) in [5.41, 5.74) is 0. The first-order valence-electron chi connectivity index (χ1n) is 6.35. The fourth-order valence-corrected chi connectivity index (χ4v) is 4.75. The molecule has 2 aliphatic rings. The van der Waals surface area contributed by atoms with Gasteiger partial charge in [-0.2, -0.15) is 4.31 Å². The van der Waals surface area contributed by atoms with Gasteiger partial charge >= 0.3 is 0 Å². The maximum atomic E-state index is 12.1. The van der Waals surface area contributed by atoms with Crippen molar-refractivity contribution in [3.05, 3.63) is 0 Å². The zero-order valence-corrected chi connectivity index (χ0v) is 10.8. The molecule has 0 aliphatic carbocycles. The van der Waals surface area contributed by atoms with Gasteiger partial charge in [-0.15, -0.1) is 0 Å². The van der Waals surface area contributed by atoms with E-state index in [-0.39, 0.29) is 6.04 Å². The third kappa shape index (κ3) is 2.41. The molecule has 0 spiro atoms. The predicted molar refractivity (Wildman–Crippen MR) is 64.8 cm³/mol. The molecule has 2 heterocycles. The SMILES string of the molecule is CCCCS(=O)(=O)N1CC[C@@H]2CCNC[C@@H]21. The lowest BCUT2D eigenvalue weighted by atomic mass is 9.94. The number of piperidine rings is 1. The van der Waals surface area contributed by atoms with E-state index in [0.29, 0.717) is 11.7 Å². The van der Waals surface area contributed by atoms with E-state index in [2.05, 4.69) is 5.32 Å². The van der Waals surface area contributed by atoms with Crippen LogP contribution >= 0.6 is 0 Å². The number of unbranched alkanes of at least 4 members (excludes halogenated alkanes) is 1. The minimum atomic E-state index is -3.00. The van der Waals surface area contributed by atoms with E-state index in [4.69, 9.17) is 0 Å². The summed E-state index contributed by atoms with van der Waals surface area (Å²) in [6.45, 7) is 4.66. The first-order chi connectivity index (χ1) is 7.65. The highest BCUT2D eigenvalue weighted by atomic mass is 32.2. The molecule has 0 radical (unpaired) electrons. The minimum absolute atomic E-state index is 0.232. The summed E-state index contributed by atoms with van der Waals surface area (Å²) in [6.07, 6.45) is 3.91. The van der Waals surface area contributed by atoms with Gasteiger partial charge in [0.25, 0.3) is 0 Å². The van der Waals surface area contributed by atoms with Crippen molar-refractivity contribution < 1.29 is 8.42 Å². The third-order valence-electron chi connectivity index (χ3n) is 3.79. The molecule has 0 amide bonds. The van der Waals surface area contributed by atoms with E-state index in [0.717, 1.165) is 45.3 Å². The molecule has 5 heteroatoms. The van der Waals surface area contributed by atoms with Crippen LogP contribution in [0.25, 0.3) is 0 Å². The summed E-state index contributed by atoms with van der Waals surface area (Å²) in [5.74, 6) is 0.921. The molecule has 16 heavy (non-hydrogen) atoms. The zero-order valence-electron chi connectivity index (χ0n) is 9.98. The van der Waals surface area contributed by atoms with Crippen molar-refractivity contribution in [3.8, 4) is 0 Å². The van der Waals surface area contributed by atoms with Gasteiger partial charge in [-0.05, 0) is 31.7 Å². The predicted octanol–water partition coefficient (Wildman–Crippen LogP) is 0.800. The van der Waals surface area contributed by atoms with Crippen LogP contribution in [0.15, 0.2) is 0 Å². The second kappa shape index (κ2) is 5.02. The van der Waals surface area contributed by atoms with Gasteiger partial charge < -0.3 is 5.32 Å². The highest BCUT2D eigenvalue weighted by molar-refractivity contribution is 7.89. The molecule has 2 rings (SSSR count). The molecular weight excluding hydrogens is 224 g/mol. The average Bonchev–Trinajstić information content (AvgIpc) is 2.71. The highest BCUT2D eigenvalue weighted by Gasteiger charge is 2.41. The molecule has 94 valence electrons. The Kier molecular flexibility index (Phi) is 3.87. The smallest absolute Gasteiger partial charge is 0.214 e. The van der Waals surface area contributed by atoms with Crippen LogP contribution in [-0.2, 0) is 10.0 Å². The largest absolute Gasteiger partial charge is 0.315 e. The number of nitrogens with one attached hydrogen (secondary N) is 1. The summed E-state index contributed by atoms with van der Waals surface area (Å²) in [4.78, 5) is 0. The second-order valence-corrected chi connectivity index (χ2v) is 6.93. The standard InChI is InChI=1S/C11H22N2O2S/c1-2-3-8-16(14,15)13-7-5-10-4-6-12-9-11(10)13/h10-12H,2-9H2,1H3/t10-,11-/m0/s1. The van der Waals surface area contributed by atoms with Gasteiger partial charge in [-0.3, -0.25) is 0 Å².